The van der Waals surface area contributed by atoms with Gasteiger partial charge in [-0.25, -0.2) is 14.1 Å². The molecular formula is C11H9FN2O3. The summed E-state index contributed by atoms with van der Waals surface area (Å²) in [7, 11) is 0. The minimum atomic E-state index is -0.805. The Labute approximate surface area is 96.2 Å². The van der Waals surface area contributed by atoms with E-state index in [1.807, 2.05) is 5.32 Å². The minimum absolute atomic E-state index is 0.279. The number of hydrogen-bond acceptors (Lipinski definition) is 3. The van der Waals surface area contributed by atoms with E-state index in [2.05, 4.69) is 0 Å². The fourth-order valence-electron chi connectivity index (χ4n) is 1.66. The molecule has 0 aliphatic carbocycles. The molecule has 0 atom stereocenters. The van der Waals surface area contributed by atoms with Gasteiger partial charge in [0.25, 0.3) is 0 Å². The van der Waals surface area contributed by atoms with Gasteiger partial charge in [0.15, 0.2) is 0 Å². The van der Waals surface area contributed by atoms with E-state index in [0.717, 1.165) is 11.0 Å². The second-order valence-electron chi connectivity index (χ2n) is 3.69. The third kappa shape index (κ3) is 2.01. The first-order chi connectivity index (χ1) is 7.99. The van der Waals surface area contributed by atoms with Crippen LogP contribution in [0.4, 0.5) is 14.9 Å². The number of barbiturate groups is 1. The normalized spacial score (nSPS) is 16.1. The minimum Gasteiger partial charge on any atom is -0.277 e. The first-order valence-corrected chi connectivity index (χ1v) is 4.92. The third-order valence-corrected chi connectivity index (χ3v) is 2.41. The van der Waals surface area contributed by atoms with Crippen LogP contribution in [0.3, 0.4) is 0 Å². The molecule has 1 aliphatic rings. The predicted octanol–water partition coefficient (Wildman–Crippen LogP) is 1.11. The van der Waals surface area contributed by atoms with Crippen molar-refractivity contribution in [1.82, 2.24) is 5.32 Å². The third-order valence-electron chi connectivity index (χ3n) is 2.41. The number of carbonyl (C=O) groups excluding carboxylic acids is 3. The molecule has 88 valence electrons. The number of urea groups is 1. The summed E-state index contributed by atoms with van der Waals surface area (Å²) < 4.78 is 12.9. The summed E-state index contributed by atoms with van der Waals surface area (Å²) in [5, 5.41) is 2.03. The second-order valence-corrected chi connectivity index (χ2v) is 3.69. The summed E-state index contributed by atoms with van der Waals surface area (Å²) >= 11 is 0. The number of rotatable bonds is 1. The van der Waals surface area contributed by atoms with Gasteiger partial charge in [-0.3, -0.25) is 14.9 Å². The molecule has 5 nitrogen and oxygen atoms in total. The Balaban J connectivity index is 2.42. The molecule has 0 radical (unpaired) electrons. The molecule has 1 heterocycles. The average Bonchev–Trinajstić information content (AvgIpc) is 2.19. The summed E-state index contributed by atoms with van der Waals surface area (Å²) in [6, 6.07) is 2.89. The fourth-order valence-corrected chi connectivity index (χ4v) is 1.66. The summed E-state index contributed by atoms with van der Waals surface area (Å²) in [5.74, 6) is -1.70. The fraction of sp³-hybridized carbons (Fsp3) is 0.182. The van der Waals surface area contributed by atoms with E-state index in [1.54, 1.807) is 6.92 Å². The molecule has 1 aromatic carbocycles. The first-order valence-electron chi connectivity index (χ1n) is 4.92. The van der Waals surface area contributed by atoms with Gasteiger partial charge in [0.2, 0.25) is 11.8 Å². The van der Waals surface area contributed by atoms with E-state index in [1.165, 1.54) is 12.1 Å². The highest BCUT2D eigenvalue weighted by atomic mass is 19.1. The summed E-state index contributed by atoms with van der Waals surface area (Å²) in [6.45, 7) is 1.58. The Morgan fingerprint density at radius 1 is 1.29 bits per heavy atom. The van der Waals surface area contributed by atoms with Crippen molar-refractivity contribution in [2.24, 2.45) is 0 Å². The molecule has 4 amide bonds. The number of anilines is 1. The van der Waals surface area contributed by atoms with Crippen molar-refractivity contribution in [2.45, 2.75) is 13.3 Å². The van der Waals surface area contributed by atoms with Crippen molar-refractivity contribution in [3.63, 3.8) is 0 Å². The van der Waals surface area contributed by atoms with E-state index < -0.39 is 23.7 Å². The van der Waals surface area contributed by atoms with Crippen LogP contribution in [0.1, 0.15) is 12.0 Å². The van der Waals surface area contributed by atoms with E-state index in [9.17, 15) is 18.8 Å². The Morgan fingerprint density at radius 2 is 2.00 bits per heavy atom. The van der Waals surface area contributed by atoms with Gasteiger partial charge >= 0.3 is 6.03 Å². The lowest BCUT2D eigenvalue weighted by molar-refractivity contribution is -0.128. The van der Waals surface area contributed by atoms with Crippen molar-refractivity contribution in [3.05, 3.63) is 29.6 Å². The zero-order valence-corrected chi connectivity index (χ0v) is 8.99. The van der Waals surface area contributed by atoms with Crippen LogP contribution in [0.25, 0.3) is 0 Å². The lowest BCUT2D eigenvalue weighted by Crippen LogP contribution is -2.53. The van der Waals surface area contributed by atoms with Crippen LogP contribution in [0.15, 0.2) is 18.2 Å². The maximum absolute atomic E-state index is 12.9. The zero-order valence-electron chi connectivity index (χ0n) is 8.99. The van der Waals surface area contributed by atoms with Crippen LogP contribution >= 0.6 is 0 Å². The lowest BCUT2D eigenvalue weighted by Gasteiger charge is -2.25. The molecule has 6 heteroatoms. The van der Waals surface area contributed by atoms with Crippen LogP contribution in [-0.2, 0) is 9.59 Å². The molecule has 17 heavy (non-hydrogen) atoms. The van der Waals surface area contributed by atoms with E-state index in [4.69, 9.17) is 0 Å². The number of nitrogens with one attached hydrogen (secondary N) is 1. The van der Waals surface area contributed by atoms with Gasteiger partial charge in [-0.2, -0.15) is 0 Å². The maximum atomic E-state index is 12.9. The van der Waals surface area contributed by atoms with E-state index in [-0.39, 0.29) is 12.1 Å². The summed E-state index contributed by atoms with van der Waals surface area (Å²) in [5.41, 5.74) is 0.726. The number of hydrogen-bond donors (Lipinski definition) is 1. The van der Waals surface area contributed by atoms with Gasteiger partial charge in [0, 0.05) is 0 Å². The molecular weight excluding hydrogens is 227 g/mol. The SMILES string of the molecule is Cc1cc(F)ccc1N1C(=O)CC(=O)NC1=O. The molecule has 0 aromatic heterocycles. The zero-order chi connectivity index (χ0) is 12.6. The van der Waals surface area contributed by atoms with Crippen molar-refractivity contribution in [3.8, 4) is 0 Å². The van der Waals surface area contributed by atoms with Gasteiger partial charge in [-0.1, -0.05) is 0 Å². The van der Waals surface area contributed by atoms with E-state index >= 15 is 0 Å². The number of nitrogens with zero attached hydrogens (tertiary/aromatic N) is 1. The Morgan fingerprint density at radius 3 is 2.59 bits per heavy atom. The Hall–Kier alpha value is -2.24. The highest BCUT2D eigenvalue weighted by molar-refractivity contribution is 6.26. The molecule has 2 rings (SSSR count). The Bertz CT molecular complexity index is 507. The maximum Gasteiger partial charge on any atom is 0.335 e. The first kappa shape index (κ1) is 11.3. The highest BCUT2D eigenvalue weighted by Gasteiger charge is 2.32. The smallest absolute Gasteiger partial charge is 0.277 e. The highest BCUT2D eigenvalue weighted by Crippen LogP contribution is 2.23. The van der Waals surface area contributed by atoms with Crippen molar-refractivity contribution in [1.29, 1.82) is 0 Å². The van der Waals surface area contributed by atoms with Gasteiger partial charge in [0.1, 0.15) is 12.2 Å². The number of imide groups is 2. The number of benzene rings is 1. The van der Waals surface area contributed by atoms with Gasteiger partial charge in [0.05, 0.1) is 5.69 Å². The van der Waals surface area contributed by atoms with Crippen LogP contribution in [-0.4, -0.2) is 17.8 Å². The van der Waals surface area contributed by atoms with Crippen LogP contribution in [0.5, 0.6) is 0 Å². The average molecular weight is 236 g/mol. The predicted molar refractivity (Wildman–Crippen MR) is 56.8 cm³/mol. The second kappa shape index (κ2) is 3.97. The molecule has 1 aliphatic heterocycles. The Kier molecular flexibility index (Phi) is 2.63. The summed E-state index contributed by atoms with van der Waals surface area (Å²) in [4.78, 5) is 34.9. The van der Waals surface area contributed by atoms with Crippen LogP contribution < -0.4 is 10.2 Å². The van der Waals surface area contributed by atoms with Gasteiger partial charge in [-0.05, 0) is 30.7 Å². The van der Waals surface area contributed by atoms with Gasteiger partial charge in [-0.15, -0.1) is 0 Å². The lowest BCUT2D eigenvalue weighted by atomic mass is 10.1. The quantitative estimate of drug-likeness (QED) is 0.742. The molecule has 0 spiro atoms. The van der Waals surface area contributed by atoms with Crippen molar-refractivity contribution >= 4 is 23.5 Å². The number of halogens is 1. The summed E-state index contributed by atoms with van der Waals surface area (Å²) in [6.07, 6.45) is -0.386. The molecule has 0 bridgehead atoms. The standard InChI is InChI=1S/C11H9FN2O3/c1-6-4-7(12)2-3-8(6)14-10(16)5-9(15)13-11(14)17/h2-4H,5H2,1H3,(H,13,15,17). The number of carbonyl (C=O) groups is 3. The van der Waals surface area contributed by atoms with Crippen LogP contribution in [0, 0.1) is 12.7 Å². The van der Waals surface area contributed by atoms with Crippen LogP contribution in [0.2, 0.25) is 0 Å². The topological polar surface area (TPSA) is 66.5 Å². The number of amides is 4. The van der Waals surface area contributed by atoms with Gasteiger partial charge < -0.3 is 0 Å². The van der Waals surface area contributed by atoms with Crippen molar-refractivity contribution in [2.75, 3.05) is 4.90 Å². The molecule has 0 unspecified atom stereocenters. The molecule has 0 saturated carbocycles. The van der Waals surface area contributed by atoms with E-state index in [0.29, 0.717) is 5.56 Å². The largest absolute Gasteiger partial charge is 0.335 e. The molecule has 1 saturated heterocycles. The molecule has 1 N–H and O–H groups in total. The molecule has 1 fully saturated rings. The monoisotopic (exact) mass is 236 g/mol. The van der Waals surface area contributed by atoms with Crippen molar-refractivity contribution < 1.29 is 18.8 Å². The molecule has 1 aromatic rings. The number of aryl methyl sites for hydroxylation is 1.